The maximum absolute atomic E-state index is 13.1. The van der Waals surface area contributed by atoms with Crippen LogP contribution in [0.5, 0.6) is 5.75 Å². The van der Waals surface area contributed by atoms with Gasteiger partial charge in [-0.3, -0.25) is 4.79 Å². The van der Waals surface area contributed by atoms with Crippen LogP contribution >= 0.6 is 22.7 Å². The van der Waals surface area contributed by atoms with Crippen LogP contribution < -0.4 is 10.3 Å². The number of thiophene rings is 2. The van der Waals surface area contributed by atoms with E-state index in [-0.39, 0.29) is 11.5 Å². The first-order chi connectivity index (χ1) is 16.0. The van der Waals surface area contributed by atoms with E-state index in [0.29, 0.717) is 33.1 Å². The molecule has 0 aliphatic heterocycles. The number of H-pyrrole nitrogens is 1. The highest BCUT2D eigenvalue weighted by Crippen LogP contribution is 2.34. The standard InChI is InChI=1S/C24H19N3O4S2/c1-4-31-24(29)19-12(2)16-9-14(10-25-22(16)33-19)20-26-21(28)18-17(11-32-23(18)27-20)13-5-7-15(30-3)8-6-13/h5-11H,4H2,1-3H3,(H,26,27,28). The molecule has 0 atom stereocenters. The van der Waals surface area contributed by atoms with Gasteiger partial charge in [0.15, 0.2) is 0 Å². The second-order valence-corrected chi connectivity index (χ2v) is 9.18. The first kappa shape index (κ1) is 21.3. The zero-order valence-electron chi connectivity index (χ0n) is 18.1. The van der Waals surface area contributed by atoms with Gasteiger partial charge in [0.1, 0.15) is 26.1 Å². The summed E-state index contributed by atoms with van der Waals surface area (Å²) in [6.45, 7) is 3.96. The van der Waals surface area contributed by atoms with Crippen LogP contribution in [0.3, 0.4) is 0 Å². The van der Waals surface area contributed by atoms with Gasteiger partial charge in [-0.1, -0.05) is 12.1 Å². The van der Waals surface area contributed by atoms with Crippen LogP contribution in [-0.2, 0) is 4.74 Å². The molecule has 4 aromatic heterocycles. The maximum atomic E-state index is 13.1. The van der Waals surface area contributed by atoms with Gasteiger partial charge in [-0.15, -0.1) is 22.7 Å². The molecule has 5 rings (SSSR count). The van der Waals surface area contributed by atoms with E-state index in [4.69, 9.17) is 14.5 Å². The van der Waals surface area contributed by atoms with Gasteiger partial charge >= 0.3 is 5.97 Å². The Bertz CT molecular complexity index is 1560. The summed E-state index contributed by atoms with van der Waals surface area (Å²) in [5.74, 6) is 0.843. The van der Waals surface area contributed by atoms with Crippen molar-refractivity contribution in [2.45, 2.75) is 13.8 Å². The van der Waals surface area contributed by atoms with Crippen LogP contribution in [0.1, 0.15) is 22.2 Å². The summed E-state index contributed by atoms with van der Waals surface area (Å²) < 4.78 is 10.4. The lowest BCUT2D eigenvalue weighted by Crippen LogP contribution is -2.09. The number of aromatic nitrogens is 3. The molecule has 0 radical (unpaired) electrons. The smallest absolute Gasteiger partial charge is 0.348 e. The lowest BCUT2D eigenvalue weighted by atomic mass is 10.1. The molecule has 0 spiro atoms. The highest BCUT2D eigenvalue weighted by Gasteiger charge is 2.19. The number of benzene rings is 1. The van der Waals surface area contributed by atoms with E-state index in [1.54, 1.807) is 20.2 Å². The monoisotopic (exact) mass is 477 g/mol. The minimum atomic E-state index is -0.350. The number of hydrogen-bond donors (Lipinski definition) is 1. The van der Waals surface area contributed by atoms with Crippen molar-refractivity contribution in [3.05, 3.63) is 62.7 Å². The van der Waals surface area contributed by atoms with Crippen molar-refractivity contribution >= 4 is 49.1 Å². The Morgan fingerprint density at radius 3 is 2.67 bits per heavy atom. The van der Waals surface area contributed by atoms with Gasteiger partial charge in [-0.25, -0.2) is 14.8 Å². The number of carbonyl (C=O) groups is 1. The lowest BCUT2D eigenvalue weighted by Gasteiger charge is -2.04. The third-order valence-corrected chi connectivity index (χ3v) is 7.44. The summed E-state index contributed by atoms with van der Waals surface area (Å²) in [5, 5.41) is 3.34. The minimum absolute atomic E-state index is 0.212. The van der Waals surface area contributed by atoms with Crippen molar-refractivity contribution < 1.29 is 14.3 Å². The molecule has 0 unspecified atom stereocenters. The molecule has 0 saturated carbocycles. The fourth-order valence-electron chi connectivity index (χ4n) is 3.69. The predicted octanol–water partition coefficient (Wildman–Crippen LogP) is 5.42. The van der Waals surface area contributed by atoms with Gasteiger partial charge in [0, 0.05) is 28.1 Å². The van der Waals surface area contributed by atoms with Gasteiger partial charge in [-0.2, -0.15) is 0 Å². The topological polar surface area (TPSA) is 94.2 Å². The molecule has 166 valence electrons. The summed E-state index contributed by atoms with van der Waals surface area (Å²) >= 11 is 2.72. The van der Waals surface area contributed by atoms with Crippen molar-refractivity contribution in [3.63, 3.8) is 0 Å². The number of aromatic amines is 1. The maximum Gasteiger partial charge on any atom is 0.348 e. The number of hydrogen-bond acceptors (Lipinski definition) is 8. The molecule has 0 bridgehead atoms. The zero-order valence-corrected chi connectivity index (χ0v) is 19.7. The van der Waals surface area contributed by atoms with Crippen LogP contribution in [0.2, 0.25) is 0 Å². The highest BCUT2D eigenvalue weighted by atomic mass is 32.1. The van der Waals surface area contributed by atoms with E-state index in [9.17, 15) is 9.59 Å². The number of carbonyl (C=O) groups excluding carboxylic acids is 1. The first-order valence-corrected chi connectivity index (χ1v) is 11.9. The number of pyridine rings is 1. The number of nitrogens with one attached hydrogen (secondary N) is 1. The van der Waals surface area contributed by atoms with Crippen LogP contribution in [0.4, 0.5) is 0 Å². The molecule has 0 aliphatic rings. The SMILES string of the molecule is CCOC(=O)c1sc2ncc(-c3nc4scc(-c5ccc(OC)cc5)c4c(=O)[nH]3)cc2c1C. The molecule has 0 saturated heterocycles. The Kier molecular flexibility index (Phi) is 5.43. The van der Waals surface area contributed by atoms with Crippen LogP contribution in [0.15, 0.2) is 46.7 Å². The van der Waals surface area contributed by atoms with E-state index < -0.39 is 0 Å². The Balaban J connectivity index is 1.58. The van der Waals surface area contributed by atoms with E-state index in [1.807, 2.05) is 42.6 Å². The van der Waals surface area contributed by atoms with Crippen LogP contribution in [-0.4, -0.2) is 34.6 Å². The van der Waals surface area contributed by atoms with Crippen molar-refractivity contribution in [1.82, 2.24) is 15.0 Å². The van der Waals surface area contributed by atoms with Crippen molar-refractivity contribution in [2.75, 3.05) is 13.7 Å². The molecule has 7 nitrogen and oxygen atoms in total. The van der Waals surface area contributed by atoms with Crippen molar-refractivity contribution in [2.24, 2.45) is 0 Å². The van der Waals surface area contributed by atoms with E-state index >= 15 is 0 Å². The fraction of sp³-hybridized carbons (Fsp3) is 0.167. The molecular weight excluding hydrogens is 458 g/mol. The number of nitrogens with zero attached hydrogens (tertiary/aromatic N) is 2. The Morgan fingerprint density at radius 2 is 1.94 bits per heavy atom. The summed E-state index contributed by atoms with van der Waals surface area (Å²) in [4.78, 5) is 39.3. The number of fused-ring (bicyclic) bond motifs is 2. The zero-order chi connectivity index (χ0) is 23.1. The number of esters is 1. The quantitative estimate of drug-likeness (QED) is 0.340. The molecule has 9 heteroatoms. The molecular formula is C24H19N3O4S2. The second-order valence-electron chi connectivity index (χ2n) is 7.33. The number of ether oxygens (including phenoxy) is 2. The van der Waals surface area contributed by atoms with Gasteiger partial charge in [0.25, 0.3) is 5.56 Å². The first-order valence-electron chi connectivity index (χ1n) is 10.2. The van der Waals surface area contributed by atoms with E-state index in [0.717, 1.165) is 32.7 Å². The lowest BCUT2D eigenvalue weighted by molar-refractivity contribution is 0.0531. The fourth-order valence-corrected chi connectivity index (χ4v) is 5.66. The molecule has 1 aromatic carbocycles. The van der Waals surface area contributed by atoms with Crippen molar-refractivity contribution in [1.29, 1.82) is 0 Å². The normalized spacial score (nSPS) is 11.2. The third kappa shape index (κ3) is 3.69. The largest absolute Gasteiger partial charge is 0.497 e. The van der Waals surface area contributed by atoms with Gasteiger partial charge in [0.05, 0.1) is 19.1 Å². The third-order valence-electron chi connectivity index (χ3n) is 5.37. The Labute approximate surface area is 196 Å². The number of aryl methyl sites for hydroxylation is 1. The molecule has 0 fully saturated rings. The summed E-state index contributed by atoms with van der Waals surface area (Å²) in [6, 6.07) is 9.48. The molecule has 33 heavy (non-hydrogen) atoms. The Morgan fingerprint density at radius 1 is 1.15 bits per heavy atom. The second kappa shape index (κ2) is 8.42. The molecule has 0 aliphatic carbocycles. The van der Waals surface area contributed by atoms with Crippen LogP contribution in [0, 0.1) is 6.92 Å². The summed E-state index contributed by atoms with van der Waals surface area (Å²) in [5.41, 5.74) is 3.03. The number of rotatable bonds is 5. The van der Waals surface area contributed by atoms with Crippen molar-refractivity contribution in [3.8, 4) is 28.3 Å². The average Bonchev–Trinajstić information content (AvgIpc) is 3.41. The Hall–Kier alpha value is -3.56. The minimum Gasteiger partial charge on any atom is -0.497 e. The molecule has 1 N–H and O–H groups in total. The van der Waals surface area contributed by atoms with Gasteiger partial charge < -0.3 is 14.5 Å². The molecule has 4 heterocycles. The average molecular weight is 478 g/mol. The van der Waals surface area contributed by atoms with Gasteiger partial charge in [-0.05, 0) is 43.2 Å². The van der Waals surface area contributed by atoms with Gasteiger partial charge in [0.2, 0.25) is 0 Å². The van der Waals surface area contributed by atoms with E-state index in [1.165, 1.54) is 22.7 Å². The van der Waals surface area contributed by atoms with Crippen LogP contribution in [0.25, 0.3) is 42.9 Å². The highest BCUT2D eigenvalue weighted by molar-refractivity contribution is 7.20. The molecule has 5 aromatic rings. The summed E-state index contributed by atoms with van der Waals surface area (Å²) in [7, 11) is 1.62. The summed E-state index contributed by atoms with van der Waals surface area (Å²) in [6.07, 6.45) is 1.66. The number of methoxy groups -OCH3 is 1. The van der Waals surface area contributed by atoms with E-state index in [2.05, 4.69) is 9.97 Å². The molecule has 0 amide bonds. The predicted molar refractivity (Wildman–Crippen MR) is 132 cm³/mol.